The fourth-order valence-electron chi connectivity index (χ4n) is 1.68. The molecule has 0 atom stereocenters. The van der Waals surface area contributed by atoms with Gasteiger partial charge < -0.3 is 4.84 Å². The molecule has 0 radical (unpaired) electrons. The number of hydrogen-bond acceptors (Lipinski definition) is 4. The summed E-state index contributed by atoms with van der Waals surface area (Å²) >= 11 is 1.67. The normalized spacial score (nSPS) is 17.6. The molecule has 0 bridgehead atoms. The van der Waals surface area contributed by atoms with Crippen LogP contribution in [0.25, 0.3) is 0 Å². The second kappa shape index (κ2) is 5.88. The third kappa shape index (κ3) is 3.64. The van der Waals surface area contributed by atoms with Gasteiger partial charge in [0.2, 0.25) is 0 Å². The van der Waals surface area contributed by atoms with E-state index in [1.165, 1.54) is 25.9 Å². The lowest BCUT2D eigenvalue weighted by atomic mass is 10.4. The maximum Gasteiger partial charge on any atom is 0.129 e. The highest BCUT2D eigenvalue weighted by atomic mass is 32.1. The van der Waals surface area contributed by atoms with Gasteiger partial charge in [0.05, 0.1) is 6.21 Å². The van der Waals surface area contributed by atoms with Crippen LogP contribution in [0.4, 0.5) is 0 Å². The molecule has 0 unspecified atom stereocenters. The highest BCUT2D eigenvalue weighted by molar-refractivity contribution is 7.11. The van der Waals surface area contributed by atoms with Crippen molar-refractivity contribution in [1.82, 2.24) is 4.90 Å². The molecule has 0 N–H and O–H groups in total. The van der Waals surface area contributed by atoms with Crippen LogP contribution in [0.15, 0.2) is 22.7 Å². The van der Waals surface area contributed by atoms with Crippen LogP contribution in [0, 0.1) is 0 Å². The summed E-state index contributed by atoms with van der Waals surface area (Å²) in [5.74, 6) is 0. The second-order valence-corrected chi connectivity index (χ2v) is 4.61. The minimum atomic E-state index is 0.696. The largest absolute Gasteiger partial charge is 0.394 e. The van der Waals surface area contributed by atoms with E-state index < -0.39 is 0 Å². The summed E-state index contributed by atoms with van der Waals surface area (Å²) in [6.45, 7) is 4.14. The predicted octanol–water partition coefficient (Wildman–Crippen LogP) is 2.19. The standard InChI is InChI=1S/C11H16N2OS/c1-2-6-13(5-1)7-8-14-12-10-11-4-3-9-15-11/h3-4,9-10H,1-2,5-8H2. The maximum atomic E-state index is 5.20. The molecule has 0 amide bonds. The van der Waals surface area contributed by atoms with E-state index in [1.54, 1.807) is 17.6 Å². The van der Waals surface area contributed by atoms with Crippen LogP contribution < -0.4 is 0 Å². The van der Waals surface area contributed by atoms with Gasteiger partial charge in [-0.3, -0.25) is 4.90 Å². The third-order valence-corrected chi connectivity index (χ3v) is 3.30. The van der Waals surface area contributed by atoms with Gasteiger partial charge >= 0.3 is 0 Å². The van der Waals surface area contributed by atoms with Crippen molar-refractivity contribution in [2.24, 2.45) is 5.16 Å². The van der Waals surface area contributed by atoms with Crippen molar-refractivity contribution in [3.05, 3.63) is 22.4 Å². The molecule has 0 aromatic carbocycles. The molecule has 1 saturated heterocycles. The van der Waals surface area contributed by atoms with Gasteiger partial charge in [-0.05, 0) is 37.4 Å². The molecule has 1 aromatic rings. The van der Waals surface area contributed by atoms with Crippen molar-refractivity contribution in [1.29, 1.82) is 0 Å². The lowest BCUT2D eigenvalue weighted by Crippen LogP contribution is -2.23. The zero-order chi connectivity index (χ0) is 10.3. The summed E-state index contributed by atoms with van der Waals surface area (Å²) in [4.78, 5) is 8.76. The van der Waals surface area contributed by atoms with Gasteiger partial charge in [-0.2, -0.15) is 0 Å². The van der Waals surface area contributed by atoms with E-state index >= 15 is 0 Å². The predicted molar refractivity (Wildman–Crippen MR) is 63.5 cm³/mol. The van der Waals surface area contributed by atoms with E-state index in [1.807, 2.05) is 17.5 Å². The average molecular weight is 224 g/mol. The molecule has 4 heteroatoms. The summed E-state index contributed by atoms with van der Waals surface area (Å²) in [7, 11) is 0. The highest BCUT2D eigenvalue weighted by Crippen LogP contribution is 2.06. The SMILES string of the molecule is C(=NOCCN1CCCC1)c1cccs1. The Balaban J connectivity index is 1.58. The van der Waals surface area contributed by atoms with Crippen LogP contribution in [0.1, 0.15) is 17.7 Å². The molecule has 2 rings (SSSR count). The first-order valence-corrected chi connectivity index (χ1v) is 6.24. The number of thiophene rings is 1. The zero-order valence-electron chi connectivity index (χ0n) is 8.76. The summed E-state index contributed by atoms with van der Waals surface area (Å²) in [5.41, 5.74) is 0. The van der Waals surface area contributed by atoms with Gasteiger partial charge in [-0.1, -0.05) is 11.2 Å². The van der Waals surface area contributed by atoms with Crippen LogP contribution >= 0.6 is 11.3 Å². The lowest BCUT2D eigenvalue weighted by molar-refractivity contribution is 0.120. The van der Waals surface area contributed by atoms with Crippen molar-refractivity contribution in [3.8, 4) is 0 Å². The fourth-order valence-corrected chi connectivity index (χ4v) is 2.26. The summed E-state index contributed by atoms with van der Waals surface area (Å²) in [5, 5.41) is 5.97. The molecule has 0 aliphatic carbocycles. The number of nitrogens with zero attached hydrogens (tertiary/aromatic N) is 2. The van der Waals surface area contributed by atoms with E-state index in [4.69, 9.17) is 4.84 Å². The molecule has 3 nitrogen and oxygen atoms in total. The van der Waals surface area contributed by atoms with E-state index in [9.17, 15) is 0 Å². The molecule has 1 fully saturated rings. The summed E-state index contributed by atoms with van der Waals surface area (Å²) < 4.78 is 0. The first-order valence-electron chi connectivity index (χ1n) is 5.36. The number of likely N-dealkylation sites (tertiary alicyclic amines) is 1. The number of rotatable bonds is 5. The smallest absolute Gasteiger partial charge is 0.129 e. The Morgan fingerprint density at radius 3 is 3.07 bits per heavy atom. The molecule has 2 heterocycles. The highest BCUT2D eigenvalue weighted by Gasteiger charge is 2.10. The molecule has 0 saturated carbocycles. The molecule has 15 heavy (non-hydrogen) atoms. The monoisotopic (exact) mass is 224 g/mol. The van der Waals surface area contributed by atoms with Gasteiger partial charge in [0.1, 0.15) is 6.61 Å². The maximum absolute atomic E-state index is 5.20. The van der Waals surface area contributed by atoms with Gasteiger partial charge in [-0.15, -0.1) is 11.3 Å². The van der Waals surface area contributed by atoms with Crippen LogP contribution in [-0.2, 0) is 4.84 Å². The summed E-state index contributed by atoms with van der Waals surface area (Å²) in [6, 6.07) is 4.04. The summed E-state index contributed by atoms with van der Waals surface area (Å²) in [6.07, 6.45) is 4.44. The Bertz CT molecular complexity index is 292. The van der Waals surface area contributed by atoms with E-state index in [-0.39, 0.29) is 0 Å². The second-order valence-electron chi connectivity index (χ2n) is 3.63. The Hall–Kier alpha value is -0.870. The van der Waals surface area contributed by atoms with Gasteiger partial charge in [0.15, 0.2) is 0 Å². The molecule has 1 aromatic heterocycles. The van der Waals surface area contributed by atoms with Gasteiger partial charge in [-0.25, -0.2) is 0 Å². The van der Waals surface area contributed by atoms with Crippen molar-refractivity contribution >= 4 is 17.6 Å². The van der Waals surface area contributed by atoms with Crippen molar-refractivity contribution in [2.45, 2.75) is 12.8 Å². The minimum absolute atomic E-state index is 0.696. The topological polar surface area (TPSA) is 24.8 Å². The van der Waals surface area contributed by atoms with Crippen LogP contribution in [0.2, 0.25) is 0 Å². The van der Waals surface area contributed by atoms with E-state index in [0.29, 0.717) is 6.61 Å². The molecular formula is C11H16N2OS. The van der Waals surface area contributed by atoms with E-state index in [0.717, 1.165) is 11.4 Å². The lowest BCUT2D eigenvalue weighted by Gasteiger charge is -2.12. The van der Waals surface area contributed by atoms with Gasteiger partial charge in [0.25, 0.3) is 0 Å². The minimum Gasteiger partial charge on any atom is -0.394 e. The van der Waals surface area contributed by atoms with Crippen LogP contribution in [0.5, 0.6) is 0 Å². The van der Waals surface area contributed by atoms with Crippen LogP contribution in [-0.4, -0.2) is 37.4 Å². The van der Waals surface area contributed by atoms with Crippen molar-refractivity contribution in [3.63, 3.8) is 0 Å². The molecular weight excluding hydrogens is 208 g/mol. The first kappa shape index (κ1) is 10.6. The first-order chi connectivity index (χ1) is 7.45. The number of hydrogen-bond donors (Lipinski definition) is 0. The molecule has 82 valence electrons. The van der Waals surface area contributed by atoms with E-state index in [2.05, 4.69) is 10.1 Å². The number of oxime groups is 1. The molecule has 1 aliphatic rings. The Labute approximate surface area is 94.3 Å². The van der Waals surface area contributed by atoms with Crippen LogP contribution in [0.3, 0.4) is 0 Å². The van der Waals surface area contributed by atoms with Gasteiger partial charge in [0, 0.05) is 11.4 Å². The quantitative estimate of drug-likeness (QED) is 0.435. The Kier molecular flexibility index (Phi) is 4.17. The third-order valence-electron chi connectivity index (χ3n) is 2.50. The Morgan fingerprint density at radius 1 is 1.47 bits per heavy atom. The fraction of sp³-hybridized carbons (Fsp3) is 0.545. The Morgan fingerprint density at radius 2 is 2.33 bits per heavy atom. The van der Waals surface area contributed by atoms with Crippen molar-refractivity contribution < 1.29 is 4.84 Å². The molecule has 0 spiro atoms. The zero-order valence-corrected chi connectivity index (χ0v) is 9.58. The molecule has 1 aliphatic heterocycles. The average Bonchev–Trinajstić information content (AvgIpc) is 2.88. The van der Waals surface area contributed by atoms with Crippen molar-refractivity contribution in [2.75, 3.05) is 26.2 Å².